The van der Waals surface area contributed by atoms with Crippen LogP contribution in [0.1, 0.15) is 25.0 Å². The molecule has 1 N–H and O–H groups in total. The van der Waals surface area contributed by atoms with Gasteiger partial charge in [-0.05, 0) is 51.1 Å². The van der Waals surface area contributed by atoms with E-state index >= 15 is 0 Å². The Morgan fingerprint density at radius 3 is 2.55 bits per heavy atom. The van der Waals surface area contributed by atoms with Crippen LogP contribution in [0.25, 0.3) is 0 Å². The molecule has 0 heterocycles. The highest BCUT2D eigenvalue weighted by atomic mass is 32.2. The molecule has 0 atom stereocenters. The minimum absolute atomic E-state index is 0.105. The molecule has 0 aliphatic rings. The van der Waals surface area contributed by atoms with E-state index in [9.17, 15) is 8.42 Å². The van der Waals surface area contributed by atoms with E-state index in [1.807, 2.05) is 33.9 Å². The van der Waals surface area contributed by atoms with E-state index in [4.69, 9.17) is 0 Å². The Morgan fingerprint density at radius 1 is 1.40 bits per heavy atom. The third kappa shape index (κ3) is 3.69. The maximum atomic E-state index is 12.7. The lowest BCUT2D eigenvalue weighted by Crippen LogP contribution is -2.37. The van der Waals surface area contributed by atoms with Crippen molar-refractivity contribution in [3.63, 3.8) is 0 Å². The summed E-state index contributed by atoms with van der Waals surface area (Å²) in [5.41, 5.74) is 2.08. The van der Waals surface area contributed by atoms with Crippen LogP contribution in [0.4, 0.5) is 0 Å². The quantitative estimate of drug-likeness (QED) is 0.786. The van der Waals surface area contributed by atoms with Crippen molar-refractivity contribution in [1.82, 2.24) is 9.62 Å². The average molecular weight is 296 g/mol. The molecule has 0 amide bonds. The van der Waals surface area contributed by atoms with Gasteiger partial charge in [-0.25, -0.2) is 8.42 Å². The summed E-state index contributed by atoms with van der Waals surface area (Å²) >= 11 is 0. The van der Waals surface area contributed by atoms with Crippen LogP contribution in [0.15, 0.2) is 35.7 Å². The number of nitrogens with one attached hydrogen (secondary N) is 1. The molecule has 0 aromatic heterocycles. The maximum Gasteiger partial charge on any atom is 0.243 e. The van der Waals surface area contributed by atoms with Gasteiger partial charge in [-0.3, -0.25) is 0 Å². The van der Waals surface area contributed by atoms with Gasteiger partial charge >= 0.3 is 0 Å². The summed E-state index contributed by atoms with van der Waals surface area (Å²) in [7, 11) is -1.64. The van der Waals surface area contributed by atoms with Crippen molar-refractivity contribution in [2.75, 3.05) is 13.6 Å². The van der Waals surface area contributed by atoms with E-state index in [2.05, 4.69) is 11.9 Å². The molecule has 112 valence electrons. The zero-order valence-electron chi connectivity index (χ0n) is 12.7. The molecule has 1 aromatic rings. The largest absolute Gasteiger partial charge is 0.316 e. The summed E-state index contributed by atoms with van der Waals surface area (Å²) in [6.07, 6.45) is 1.61. The lowest BCUT2D eigenvalue weighted by atomic mass is 10.1. The first-order valence-electron chi connectivity index (χ1n) is 6.71. The van der Waals surface area contributed by atoms with Gasteiger partial charge in [-0.1, -0.05) is 12.1 Å². The van der Waals surface area contributed by atoms with Crippen LogP contribution in [0.2, 0.25) is 0 Å². The summed E-state index contributed by atoms with van der Waals surface area (Å²) < 4.78 is 26.8. The van der Waals surface area contributed by atoms with Gasteiger partial charge in [0, 0.05) is 19.1 Å². The number of rotatable bonds is 7. The van der Waals surface area contributed by atoms with E-state index < -0.39 is 10.0 Å². The van der Waals surface area contributed by atoms with Gasteiger partial charge in [0.25, 0.3) is 0 Å². The number of hydrogen-bond acceptors (Lipinski definition) is 3. The first kappa shape index (κ1) is 16.9. The number of hydrogen-bond donors (Lipinski definition) is 1. The van der Waals surface area contributed by atoms with Crippen molar-refractivity contribution >= 4 is 10.0 Å². The Bertz CT molecular complexity index is 565. The molecule has 5 heteroatoms. The molecule has 0 fully saturated rings. The standard InChI is InChI=1S/C15H24N2O2S/c1-6-9-17(12(2)3)20(18,19)15-8-7-13(4)14(10-15)11-16-5/h6-8,10,12,16H,1,9,11H2,2-5H3. The minimum atomic E-state index is -3.49. The summed E-state index contributed by atoms with van der Waals surface area (Å²) in [6.45, 7) is 10.3. The summed E-state index contributed by atoms with van der Waals surface area (Å²) in [4.78, 5) is 0.337. The van der Waals surface area contributed by atoms with Crippen LogP contribution in [-0.2, 0) is 16.6 Å². The molecule has 0 saturated carbocycles. The van der Waals surface area contributed by atoms with E-state index in [1.165, 1.54) is 4.31 Å². The van der Waals surface area contributed by atoms with Crippen molar-refractivity contribution in [2.45, 2.75) is 38.3 Å². The fraction of sp³-hybridized carbons (Fsp3) is 0.467. The summed E-state index contributed by atoms with van der Waals surface area (Å²) in [5.74, 6) is 0. The van der Waals surface area contributed by atoms with E-state index in [-0.39, 0.29) is 6.04 Å². The average Bonchev–Trinajstić information content (AvgIpc) is 2.38. The van der Waals surface area contributed by atoms with Gasteiger partial charge in [0.1, 0.15) is 0 Å². The molecular formula is C15H24N2O2S. The van der Waals surface area contributed by atoms with Crippen LogP contribution in [0.5, 0.6) is 0 Å². The monoisotopic (exact) mass is 296 g/mol. The van der Waals surface area contributed by atoms with Crippen LogP contribution >= 0.6 is 0 Å². The maximum absolute atomic E-state index is 12.7. The molecule has 0 unspecified atom stereocenters. The normalized spacial score (nSPS) is 12.1. The van der Waals surface area contributed by atoms with Gasteiger partial charge in [-0.15, -0.1) is 6.58 Å². The third-order valence-electron chi connectivity index (χ3n) is 3.18. The third-order valence-corrected chi connectivity index (χ3v) is 5.22. The number of benzene rings is 1. The SMILES string of the molecule is C=CCN(C(C)C)S(=O)(=O)c1ccc(C)c(CNC)c1. The van der Waals surface area contributed by atoms with Crippen LogP contribution in [-0.4, -0.2) is 32.4 Å². The van der Waals surface area contributed by atoms with Crippen LogP contribution < -0.4 is 5.32 Å². The molecule has 20 heavy (non-hydrogen) atoms. The van der Waals surface area contributed by atoms with Crippen LogP contribution in [0.3, 0.4) is 0 Å². The molecule has 0 aliphatic carbocycles. The number of sulfonamides is 1. The molecule has 4 nitrogen and oxygen atoms in total. The lowest BCUT2D eigenvalue weighted by Gasteiger charge is -2.25. The molecule has 0 aliphatic heterocycles. The first-order chi connectivity index (χ1) is 9.34. The van der Waals surface area contributed by atoms with Crippen molar-refractivity contribution in [2.24, 2.45) is 0 Å². The van der Waals surface area contributed by atoms with Gasteiger partial charge < -0.3 is 5.32 Å². The summed E-state index contributed by atoms with van der Waals surface area (Å²) in [5, 5.41) is 3.06. The zero-order valence-corrected chi connectivity index (χ0v) is 13.5. The molecule has 0 bridgehead atoms. The van der Waals surface area contributed by atoms with E-state index in [0.29, 0.717) is 18.0 Å². The molecule has 0 radical (unpaired) electrons. The fourth-order valence-corrected chi connectivity index (χ4v) is 3.70. The molecular weight excluding hydrogens is 272 g/mol. The topological polar surface area (TPSA) is 49.4 Å². The molecule has 0 saturated heterocycles. The zero-order chi connectivity index (χ0) is 15.3. The first-order valence-corrected chi connectivity index (χ1v) is 8.15. The summed E-state index contributed by atoms with van der Waals surface area (Å²) in [6, 6.07) is 5.17. The Morgan fingerprint density at radius 2 is 2.05 bits per heavy atom. The highest BCUT2D eigenvalue weighted by molar-refractivity contribution is 7.89. The van der Waals surface area contributed by atoms with Gasteiger partial charge in [0.05, 0.1) is 4.90 Å². The van der Waals surface area contributed by atoms with E-state index in [0.717, 1.165) is 11.1 Å². The Hall–Kier alpha value is -1.17. The Balaban J connectivity index is 3.26. The van der Waals surface area contributed by atoms with Gasteiger partial charge in [0.2, 0.25) is 10.0 Å². The van der Waals surface area contributed by atoms with Gasteiger partial charge in [0.15, 0.2) is 0 Å². The predicted molar refractivity (Wildman–Crippen MR) is 83.2 cm³/mol. The highest BCUT2D eigenvalue weighted by Crippen LogP contribution is 2.21. The Kier molecular flexibility index (Phi) is 5.92. The van der Waals surface area contributed by atoms with Crippen molar-refractivity contribution in [3.8, 4) is 0 Å². The molecule has 1 rings (SSSR count). The second-order valence-electron chi connectivity index (χ2n) is 5.08. The molecule has 1 aromatic carbocycles. The molecule has 0 spiro atoms. The van der Waals surface area contributed by atoms with Crippen molar-refractivity contribution < 1.29 is 8.42 Å². The second-order valence-corrected chi connectivity index (χ2v) is 6.97. The smallest absolute Gasteiger partial charge is 0.243 e. The van der Waals surface area contributed by atoms with Crippen molar-refractivity contribution in [1.29, 1.82) is 0 Å². The lowest BCUT2D eigenvalue weighted by molar-refractivity contribution is 0.383. The Labute approximate surface area is 122 Å². The fourth-order valence-electron chi connectivity index (χ4n) is 2.04. The second kappa shape index (κ2) is 7.02. The van der Waals surface area contributed by atoms with Crippen LogP contribution in [0, 0.1) is 6.92 Å². The van der Waals surface area contributed by atoms with Crippen molar-refractivity contribution in [3.05, 3.63) is 42.0 Å². The number of aryl methyl sites for hydroxylation is 1. The van der Waals surface area contributed by atoms with Gasteiger partial charge in [-0.2, -0.15) is 4.31 Å². The van der Waals surface area contributed by atoms with E-state index in [1.54, 1.807) is 18.2 Å². The highest BCUT2D eigenvalue weighted by Gasteiger charge is 2.26. The number of nitrogens with zero attached hydrogens (tertiary/aromatic N) is 1. The predicted octanol–water partition coefficient (Wildman–Crippen LogP) is 2.30. The minimum Gasteiger partial charge on any atom is -0.316 e.